The number of imidazole rings is 2. The Balaban J connectivity index is 0.000000169. The van der Waals surface area contributed by atoms with E-state index in [1.54, 1.807) is 22.7 Å². The van der Waals surface area contributed by atoms with E-state index in [1.165, 1.54) is 11.1 Å². The summed E-state index contributed by atoms with van der Waals surface area (Å²) in [4.78, 5) is 25.7. The van der Waals surface area contributed by atoms with Gasteiger partial charge in [-0.2, -0.15) is 10.2 Å². The number of halogens is 1. The zero-order chi connectivity index (χ0) is 38.8. The summed E-state index contributed by atoms with van der Waals surface area (Å²) in [6, 6.07) is 4.38. The first-order valence-electron chi connectivity index (χ1n) is 19.7. The van der Waals surface area contributed by atoms with Crippen LogP contribution in [-0.4, -0.2) is 91.8 Å². The fourth-order valence-electron chi connectivity index (χ4n) is 7.76. The molecule has 0 aromatic carbocycles. The quantitative estimate of drug-likeness (QED) is 0.133. The van der Waals surface area contributed by atoms with Crippen LogP contribution in [-0.2, 0) is 9.47 Å². The van der Waals surface area contributed by atoms with Gasteiger partial charge >= 0.3 is 0 Å². The third-order valence-electron chi connectivity index (χ3n) is 10.7. The van der Waals surface area contributed by atoms with Crippen molar-refractivity contribution < 1.29 is 9.47 Å². The first kappa shape index (κ1) is 39.5. The SMILES string of the molecule is CCC(CC)c1cc(C)nn2c(-c3cnc(N4CCOCC4)s3)c(C)nc12.CCC(CC)c1cc(C)nn2c(-c3sc(N4CCOCC4)nc3Cl)c(C)nc12. The van der Waals surface area contributed by atoms with Gasteiger partial charge in [0, 0.05) is 43.5 Å². The number of morpholine rings is 2. The molecule has 0 radical (unpaired) electrons. The van der Waals surface area contributed by atoms with Crippen molar-refractivity contribution in [3.63, 3.8) is 0 Å². The van der Waals surface area contributed by atoms with Gasteiger partial charge in [-0.15, -0.1) is 0 Å². The van der Waals surface area contributed by atoms with Gasteiger partial charge in [-0.3, -0.25) is 0 Å². The molecule has 6 aromatic rings. The Bertz CT molecular complexity index is 2240. The topological polar surface area (TPSA) is 111 Å². The number of aryl methyl sites for hydroxylation is 4. The van der Waals surface area contributed by atoms with Crippen LogP contribution < -0.4 is 9.80 Å². The van der Waals surface area contributed by atoms with Gasteiger partial charge < -0.3 is 19.3 Å². The third-order valence-corrected chi connectivity index (χ3v) is 13.3. The fraction of sp³-hybridized carbons (Fsp3) is 0.550. The summed E-state index contributed by atoms with van der Waals surface area (Å²) < 4.78 is 14.9. The molecule has 0 atom stereocenters. The molecule has 6 aromatic heterocycles. The summed E-state index contributed by atoms with van der Waals surface area (Å²) in [5.41, 5.74) is 10.5. The van der Waals surface area contributed by atoms with Crippen LogP contribution in [0.2, 0.25) is 5.15 Å². The number of rotatable bonds is 10. The molecule has 15 heteroatoms. The molecule has 0 unspecified atom stereocenters. The molecule has 8 heterocycles. The second-order valence-electron chi connectivity index (χ2n) is 14.4. The van der Waals surface area contributed by atoms with E-state index >= 15 is 0 Å². The van der Waals surface area contributed by atoms with Crippen LogP contribution in [0.15, 0.2) is 18.3 Å². The summed E-state index contributed by atoms with van der Waals surface area (Å²) in [5.74, 6) is 0.980. The highest BCUT2D eigenvalue weighted by molar-refractivity contribution is 7.19. The lowest BCUT2D eigenvalue weighted by Gasteiger charge is -2.25. The van der Waals surface area contributed by atoms with Crippen LogP contribution in [0.3, 0.4) is 0 Å². The number of aromatic nitrogens is 8. The molecule has 12 nitrogen and oxygen atoms in total. The Labute approximate surface area is 336 Å². The maximum atomic E-state index is 6.60. The highest BCUT2D eigenvalue weighted by atomic mass is 35.5. The number of hydrogen-bond acceptors (Lipinski definition) is 12. The lowest BCUT2D eigenvalue weighted by atomic mass is 9.95. The second-order valence-corrected chi connectivity index (χ2v) is 16.7. The summed E-state index contributed by atoms with van der Waals surface area (Å²) in [6.07, 6.45) is 6.35. The minimum Gasteiger partial charge on any atom is -0.378 e. The molecule has 2 aliphatic heterocycles. The minimum atomic E-state index is 0.472. The highest BCUT2D eigenvalue weighted by Gasteiger charge is 2.26. The van der Waals surface area contributed by atoms with E-state index in [1.807, 2.05) is 29.1 Å². The zero-order valence-electron chi connectivity index (χ0n) is 33.4. The molecule has 2 saturated heterocycles. The van der Waals surface area contributed by atoms with E-state index in [4.69, 9.17) is 41.2 Å². The molecule has 0 aliphatic carbocycles. The molecule has 2 aliphatic rings. The van der Waals surface area contributed by atoms with Gasteiger partial charge in [0.2, 0.25) is 0 Å². The summed E-state index contributed by atoms with van der Waals surface area (Å²) in [7, 11) is 0. The maximum absolute atomic E-state index is 6.60. The summed E-state index contributed by atoms with van der Waals surface area (Å²) >= 11 is 9.92. The molecule has 55 heavy (non-hydrogen) atoms. The van der Waals surface area contributed by atoms with Crippen molar-refractivity contribution in [1.82, 2.24) is 39.2 Å². The molecule has 2 fully saturated rings. The monoisotopic (exact) mass is 804 g/mol. The van der Waals surface area contributed by atoms with E-state index in [2.05, 4.69) is 73.4 Å². The van der Waals surface area contributed by atoms with Crippen molar-refractivity contribution >= 4 is 55.8 Å². The van der Waals surface area contributed by atoms with Gasteiger partial charge in [0.25, 0.3) is 0 Å². The van der Waals surface area contributed by atoms with E-state index < -0.39 is 0 Å². The van der Waals surface area contributed by atoms with Crippen LogP contribution in [0.5, 0.6) is 0 Å². The maximum Gasteiger partial charge on any atom is 0.187 e. The van der Waals surface area contributed by atoms with Gasteiger partial charge in [-0.25, -0.2) is 29.0 Å². The van der Waals surface area contributed by atoms with Crippen LogP contribution in [0, 0.1) is 27.7 Å². The van der Waals surface area contributed by atoms with Gasteiger partial charge in [0.05, 0.1) is 59.0 Å². The molecule has 294 valence electrons. The van der Waals surface area contributed by atoms with E-state index in [0.29, 0.717) is 17.0 Å². The molecule has 0 amide bonds. The first-order valence-corrected chi connectivity index (χ1v) is 21.7. The molecule has 8 rings (SSSR count). The minimum absolute atomic E-state index is 0.472. The van der Waals surface area contributed by atoms with Crippen molar-refractivity contribution in [3.05, 3.63) is 57.4 Å². The van der Waals surface area contributed by atoms with Gasteiger partial charge in [0.15, 0.2) is 26.7 Å². The van der Waals surface area contributed by atoms with E-state index in [0.717, 1.165) is 144 Å². The average molecular weight is 806 g/mol. The molecule has 0 spiro atoms. The number of nitrogens with zero attached hydrogens (tertiary/aromatic N) is 10. The zero-order valence-corrected chi connectivity index (χ0v) is 35.7. The number of ether oxygens (including phenoxy) is 2. The van der Waals surface area contributed by atoms with E-state index in [9.17, 15) is 0 Å². The largest absolute Gasteiger partial charge is 0.378 e. The smallest absolute Gasteiger partial charge is 0.187 e. The van der Waals surface area contributed by atoms with Crippen molar-refractivity contribution in [1.29, 1.82) is 0 Å². The predicted octanol–water partition coefficient (Wildman–Crippen LogP) is 9.07. The first-order chi connectivity index (χ1) is 26.6. The van der Waals surface area contributed by atoms with Gasteiger partial charge in [0.1, 0.15) is 11.4 Å². The number of hydrogen-bond donors (Lipinski definition) is 0. The van der Waals surface area contributed by atoms with E-state index in [-0.39, 0.29) is 0 Å². The van der Waals surface area contributed by atoms with Crippen molar-refractivity contribution in [2.75, 3.05) is 62.4 Å². The van der Waals surface area contributed by atoms with Gasteiger partial charge in [-0.1, -0.05) is 62.0 Å². The fourth-order valence-corrected chi connectivity index (χ4v) is 10.2. The van der Waals surface area contributed by atoms with Crippen LogP contribution in [0.4, 0.5) is 10.3 Å². The summed E-state index contributed by atoms with van der Waals surface area (Å²) in [5, 5.41) is 12.1. The normalized spacial score (nSPS) is 15.2. The second kappa shape index (κ2) is 17.2. The lowest BCUT2D eigenvalue weighted by molar-refractivity contribution is 0.122. The Kier molecular flexibility index (Phi) is 12.4. The number of fused-ring (bicyclic) bond motifs is 2. The van der Waals surface area contributed by atoms with Crippen molar-refractivity contribution in [3.8, 4) is 21.1 Å². The molecule has 0 N–H and O–H groups in total. The van der Waals surface area contributed by atoms with Crippen LogP contribution in [0.25, 0.3) is 32.4 Å². The number of anilines is 2. The lowest BCUT2D eigenvalue weighted by Crippen LogP contribution is -2.36. The van der Waals surface area contributed by atoms with Crippen molar-refractivity contribution in [2.45, 2.75) is 92.9 Å². The molecule has 0 bridgehead atoms. The molecule has 0 saturated carbocycles. The standard InChI is InChI=1S/C20H26ClN5OS.C20H27N5OS/c1-5-14(6-2)15-11-12(3)24-26-16(13(4)22-19(15)26)17-18(21)23-20(28-17)25-7-9-27-10-8-25;1-5-15(6-2)16-11-13(3)23-25-18(14(4)22-19(16)25)17-12-21-20(27-17)24-7-9-26-10-8-24/h11,14H,5-10H2,1-4H3;11-12,15H,5-10H2,1-4H3. The molecular weight excluding hydrogens is 752 g/mol. The van der Waals surface area contributed by atoms with Crippen molar-refractivity contribution in [2.24, 2.45) is 0 Å². The van der Waals surface area contributed by atoms with Crippen LogP contribution >= 0.6 is 34.3 Å². The summed E-state index contributed by atoms with van der Waals surface area (Å²) in [6.45, 7) is 23.6. The van der Waals surface area contributed by atoms with Gasteiger partial charge in [-0.05, 0) is 77.3 Å². The third kappa shape index (κ3) is 7.98. The van der Waals surface area contributed by atoms with Crippen LogP contribution in [0.1, 0.15) is 99.1 Å². The Morgan fingerprint density at radius 1 is 0.655 bits per heavy atom. The number of thiazole rings is 2. The predicted molar refractivity (Wildman–Crippen MR) is 225 cm³/mol. The molecular formula is C40H53ClN10O2S2. The Morgan fingerprint density at radius 3 is 1.64 bits per heavy atom. The Morgan fingerprint density at radius 2 is 1.13 bits per heavy atom. The highest BCUT2D eigenvalue weighted by Crippen LogP contribution is 2.41. The Hall–Kier alpha value is -3.69. The average Bonchev–Trinajstić information content (AvgIpc) is 3.97.